The van der Waals surface area contributed by atoms with Gasteiger partial charge < -0.3 is 15.0 Å². The molecular formula is C17H16FN3O3. The summed E-state index contributed by atoms with van der Waals surface area (Å²) in [6, 6.07) is 8.82. The molecule has 24 heavy (non-hydrogen) atoms. The van der Waals surface area contributed by atoms with Gasteiger partial charge in [-0.15, -0.1) is 0 Å². The molecule has 1 aromatic heterocycles. The van der Waals surface area contributed by atoms with Crippen LogP contribution < -0.4 is 5.32 Å². The number of halogens is 1. The van der Waals surface area contributed by atoms with E-state index in [1.165, 1.54) is 30.5 Å². The number of carbonyl (C=O) groups is 2. The molecule has 1 saturated heterocycles. The van der Waals surface area contributed by atoms with Gasteiger partial charge in [0.15, 0.2) is 0 Å². The van der Waals surface area contributed by atoms with E-state index >= 15 is 0 Å². The van der Waals surface area contributed by atoms with Crippen molar-refractivity contribution in [1.29, 1.82) is 0 Å². The molecule has 1 N–H and O–H groups in total. The number of aromatic nitrogens is 1. The van der Waals surface area contributed by atoms with E-state index in [0.29, 0.717) is 31.9 Å². The Balaban J connectivity index is 1.76. The van der Waals surface area contributed by atoms with Crippen molar-refractivity contribution in [3.63, 3.8) is 0 Å². The molecule has 1 fully saturated rings. The number of ether oxygens (including phenoxy) is 1. The summed E-state index contributed by atoms with van der Waals surface area (Å²) in [6.07, 6.45) is 1.39. The highest BCUT2D eigenvalue weighted by atomic mass is 19.1. The van der Waals surface area contributed by atoms with E-state index in [1.54, 1.807) is 17.0 Å². The number of nitrogens with one attached hydrogen (secondary N) is 1. The summed E-state index contributed by atoms with van der Waals surface area (Å²) in [5.41, 5.74) is 0.483. The fourth-order valence-corrected chi connectivity index (χ4v) is 2.39. The van der Waals surface area contributed by atoms with Crippen LogP contribution in [0.3, 0.4) is 0 Å². The van der Waals surface area contributed by atoms with E-state index < -0.39 is 11.7 Å². The Morgan fingerprint density at radius 1 is 1.17 bits per heavy atom. The molecule has 0 radical (unpaired) electrons. The van der Waals surface area contributed by atoms with Crippen LogP contribution in [0.5, 0.6) is 0 Å². The monoisotopic (exact) mass is 329 g/mol. The molecule has 1 aliphatic rings. The summed E-state index contributed by atoms with van der Waals surface area (Å²) in [5.74, 6) is -1.29. The lowest BCUT2D eigenvalue weighted by molar-refractivity contribution is 0.0303. The molecule has 0 saturated carbocycles. The Kier molecular flexibility index (Phi) is 4.81. The minimum absolute atomic E-state index is 0.0531. The lowest BCUT2D eigenvalue weighted by Crippen LogP contribution is -2.40. The first-order valence-electron chi connectivity index (χ1n) is 7.54. The van der Waals surface area contributed by atoms with Gasteiger partial charge in [-0.2, -0.15) is 0 Å². The average Bonchev–Trinajstić information content (AvgIpc) is 2.64. The topological polar surface area (TPSA) is 71.5 Å². The number of anilines is 1. The summed E-state index contributed by atoms with van der Waals surface area (Å²) in [4.78, 5) is 30.3. The van der Waals surface area contributed by atoms with E-state index in [4.69, 9.17) is 4.74 Å². The minimum Gasteiger partial charge on any atom is -0.378 e. The number of rotatable bonds is 3. The van der Waals surface area contributed by atoms with E-state index in [0.717, 1.165) is 0 Å². The third kappa shape index (κ3) is 3.57. The number of hydrogen-bond donors (Lipinski definition) is 1. The van der Waals surface area contributed by atoms with Crippen molar-refractivity contribution in [2.45, 2.75) is 0 Å². The van der Waals surface area contributed by atoms with Crippen molar-refractivity contribution in [2.75, 3.05) is 31.6 Å². The van der Waals surface area contributed by atoms with Gasteiger partial charge in [0.2, 0.25) is 0 Å². The quantitative estimate of drug-likeness (QED) is 0.934. The van der Waals surface area contributed by atoms with Gasteiger partial charge >= 0.3 is 0 Å². The highest BCUT2D eigenvalue weighted by Gasteiger charge is 2.20. The number of benzene rings is 1. The molecule has 0 bridgehead atoms. The van der Waals surface area contributed by atoms with Crippen molar-refractivity contribution < 1.29 is 18.7 Å². The maximum Gasteiger partial charge on any atom is 0.274 e. The van der Waals surface area contributed by atoms with E-state index in [2.05, 4.69) is 10.3 Å². The molecule has 0 atom stereocenters. The van der Waals surface area contributed by atoms with Crippen molar-refractivity contribution >= 4 is 17.5 Å². The van der Waals surface area contributed by atoms with Crippen LogP contribution in [0.15, 0.2) is 42.6 Å². The zero-order chi connectivity index (χ0) is 16.9. The zero-order valence-corrected chi connectivity index (χ0v) is 12.9. The Morgan fingerprint density at radius 2 is 1.92 bits per heavy atom. The number of morpholine rings is 1. The third-order valence-electron chi connectivity index (χ3n) is 3.66. The highest BCUT2D eigenvalue weighted by molar-refractivity contribution is 6.04. The molecule has 2 aromatic rings. The molecule has 7 heteroatoms. The second-order valence-corrected chi connectivity index (χ2v) is 5.27. The standard InChI is InChI=1S/C17H16FN3O3/c18-13-3-1-2-4-14(13)20-16(22)15-11-12(5-6-19-15)17(23)21-7-9-24-10-8-21/h1-6,11H,7-10H2,(H,20,22). The van der Waals surface area contributed by atoms with Crippen LogP contribution in [0.1, 0.15) is 20.8 Å². The number of nitrogens with zero attached hydrogens (tertiary/aromatic N) is 2. The number of pyridine rings is 1. The Labute approximate surface area is 138 Å². The first-order chi connectivity index (χ1) is 11.6. The van der Waals surface area contributed by atoms with Crippen LogP contribution >= 0.6 is 0 Å². The van der Waals surface area contributed by atoms with E-state index in [1.807, 2.05) is 0 Å². The van der Waals surface area contributed by atoms with Crippen LogP contribution in [0.25, 0.3) is 0 Å². The first-order valence-corrected chi connectivity index (χ1v) is 7.54. The lowest BCUT2D eigenvalue weighted by Gasteiger charge is -2.26. The molecule has 2 amide bonds. The molecular weight excluding hydrogens is 313 g/mol. The van der Waals surface area contributed by atoms with E-state index in [-0.39, 0.29) is 17.3 Å². The van der Waals surface area contributed by atoms with Crippen LogP contribution in [-0.2, 0) is 4.74 Å². The third-order valence-corrected chi connectivity index (χ3v) is 3.66. The predicted molar refractivity (Wildman–Crippen MR) is 85.3 cm³/mol. The van der Waals surface area contributed by atoms with Crippen LogP contribution in [0, 0.1) is 5.82 Å². The van der Waals surface area contributed by atoms with Crippen LogP contribution in [-0.4, -0.2) is 48.0 Å². The largest absolute Gasteiger partial charge is 0.378 e. The maximum absolute atomic E-state index is 13.6. The normalized spacial score (nSPS) is 14.3. The molecule has 0 aliphatic carbocycles. The summed E-state index contributed by atoms with van der Waals surface area (Å²) in [6.45, 7) is 2.02. The SMILES string of the molecule is O=C(Nc1ccccc1F)c1cc(C(=O)N2CCOCC2)ccn1. The molecule has 0 spiro atoms. The molecule has 2 heterocycles. The van der Waals surface area contributed by atoms with E-state index in [9.17, 15) is 14.0 Å². The van der Waals surface area contributed by atoms with Crippen molar-refractivity contribution in [3.8, 4) is 0 Å². The average molecular weight is 329 g/mol. The van der Waals surface area contributed by atoms with Gasteiger partial charge in [-0.1, -0.05) is 12.1 Å². The number of amides is 2. The Bertz CT molecular complexity index is 760. The van der Waals surface area contributed by atoms with Crippen molar-refractivity contribution in [1.82, 2.24) is 9.88 Å². The number of carbonyl (C=O) groups excluding carboxylic acids is 2. The van der Waals surface area contributed by atoms with Gasteiger partial charge in [-0.05, 0) is 24.3 Å². The van der Waals surface area contributed by atoms with Gasteiger partial charge in [0.25, 0.3) is 11.8 Å². The predicted octanol–water partition coefficient (Wildman–Crippen LogP) is 1.95. The fourth-order valence-electron chi connectivity index (χ4n) is 2.39. The van der Waals surface area contributed by atoms with Gasteiger partial charge in [0.05, 0.1) is 18.9 Å². The molecule has 124 valence electrons. The molecule has 1 aromatic carbocycles. The summed E-state index contributed by atoms with van der Waals surface area (Å²) >= 11 is 0. The smallest absolute Gasteiger partial charge is 0.274 e. The van der Waals surface area contributed by atoms with Gasteiger partial charge in [0.1, 0.15) is 11.5 Å². The van der Waals surface area contributed by atoms with Crippen LogP contribution in [0.4, 0.5) is 10.1 Å². The number of para-hydroxylation sites is 1. The number of hydrogen-bond acceptors (Lipinski definition) is 4. The fraction of sp³-hybridized carbons (Fsp3) is 0.235. The zero-order valence-electron chi connectivity index (χ0n) is 12.9. The first kappa shape index (κ1) is 16.1. The summed E-state index contributed by atoms with van der Waals surface area (Å²) < 4.78 is 18.8. The minimum atomic E-state index is -0.572. The second-order valence-electron chi connectivity index (χ2n) is 5.27. The highest BCUT2D eigenvalue weighted by Crippen LogP contribution is 2.14. The second kappa shape index (κ2) is 7.18. The van der Waals surface area contributed by atoms with Crippen molar-refractivity contribution in [2.24, 2.45) is 0 Å². The Hall–Kier alpha value is -2.80. The lowest BCUT2D eigenvalue weighted by atomic mass is 10.2. The summed E-state index contributed by atoms with van der Waals surface area (Å²) in [7, 11) is 0. The molecule has 3 rings (SSSR count). The molecule has 0 unspecified atom stereocenters. The summed E-state index contributed by atoms with van der Waals surface area (Å²) in [5, 5.41) is 2.45. The van der Waals surface area contributed by atoms with Crippen molar-refractivity contribution in [3.05, 3.63) is 59.7 Å². The van der Waals surface area contributed by atoms with Gasteiger partial charge in [-0.3, -0.25) is 14.6 Å². The maximum atomic E-state index is 13.6. The molecule has 1 aliphatic heterocycles. The Morgan fingerprint density at radius 3 is 2.67 bits per heavy atom. The van der Waals surface area contributed by atoms with Gasteiger partial charge in [-0.25, -0.2) is 4.39 Å². The van der Waals surface area contributed by atoms with Crippen LogP contribution in [0.2, 0.25) is 0 Å². The molecule has 6 nitrogen and oxygen atoms in total. The van der Waals surface area contributed by atoms with Gasteiger partial charge in [0, 0.05) is 24.8 Å².